The fourth-order valence-corrected chi connectivity index (χ4v) is 2.61. The largest absolute Gasteiger partial charge is 0.388 e. The minimum atomic E-state index is -0.776. The Morgan fingerprint density at radius 3 is 2.68 bits per heavy atom. The Kier molecular flexibility index (Phi) is 4.20. The van der Waals surface area contributed by atoms with Crippen molar-refractivity contribution in [3.05, 3.63) is 35.1 Å². The van der Waals surface area contributed by atoms with Crippen molar-refractivity contribution in [2.24, 2.45) is 0 Å². The third kappa shape index (κ3) is 3.53. The molecule has 1 aliphatic carbocycles. The molecular weight excluding hydrogens is 245 g/mol. The van der Waals surface area contributed by atoms with Gasteiger partial charge in [-0.3, -0.25) is 4.79 Å². The van der Waals surface area contributed by atoms with Crippen molar-refractivity contribution < 1.29 is 14.3 Å². The average Bonchev–Trinajstić information content (AvgIpc) is 2.37. The number of carbonyl (C=O) groups is 1. The molecule has 19 heavy (non-hydrogen) atoms. The summed E-state index contributed by atoms with van der Waals surface area (Å²) in [6.07, 6.45) is 4.61. The van der Waals surface area contributed by atoms with Gasteiger partial charge < -0.3 is 10.4 Å². The third-order valence-corrected chi connectivity index (χ3v) is 3.80. The molecule has 0 radical (unpaired) electrons. The number of benzene rings is 1. The number of aliphatic hydroxyl groups is 1. The normalized spacial score (nSPS) is 18.1. The van der Waals surface area contributed by atoms with E-state index >= 15 is 0 Å². The molecule has 0 heterocycles. The number of hydrogen-bond acceptors (Lipinski definition) is 2. The molecule has 2 rings (SSSR count). The van der Waals surface area contributed by atoms with Crippen LogP contribution in [0.5, 0.6) is 0 Å². The molecule has 0 spiro atoms. The van der Waals surface area contributed by atoms with Crippen molar-refractivity contribution >= 4 is 5.91 Å². The summed E-state index contributed by atoms with van der Waals surface area (Å²) in [6, 6.07) is 4.09. The summed E-state index contributed by atoms with van der Waals surface area (Å²) in [5.74, 6) is -0.601. The Bertz CT molecular complexity index is 467. The molecule has 0 bridgehead atoms. The highest BCUT2D eigenvalue weighted by Crippen LogP contribution is 2.27. The maximum atomic E-state index is 13.0. The van der Waals surface area contributed by atoms with Crippen molar-refractivity contribution in [3.8, 4) is 0 Å². The molecule has 1 fully saturated rings. The lowest BCUT2D eigenvalue weighted by atomic mass is 9.85. The van der Waals surface area contributed by atoms with Crippen LogP contribution in [0.2, 0.25) is 0 Å². The standard InChI is InChI=1S/C15H20FNO2/c1-11-9-12(16)5-6-13(11)14(18)17-10-15(19)7-3-2-4-8-15/h5-6,9,19H,2-4,7-8,10H2,1H3,(H,17,18). The lowest BCUT2D eigenvalue weighted by Crippen LogP contribution is -2.44. The number of aryl methyl sites for hydroxylation is 1. The van der Waals surface area contributed by atoms with Crippen LogP contribution in [0.1, 0.15) is 48.0 Å². The average molecular weight is 265 g/mol. The van der Waals surface area contributed by atoms with E-state index in [9.17, 15) is 14.3 Å². The number of rotatable bonds is 3. The van der Waals surface area contributed by atoms with Gasteiger partial charge in [0.25, 0.3) is 5.91 Å². The second-order valence-electron chi connectivity index (χ2n) is 5.43. The van der Waals surface area contributed by atoms with E-state index in [0.717, 1.165) is 32.1 Å². The Hall–Kier alpha value is -1.42. The Morgan fingerprint density at radius 2 is 2.05 bits per heavy atom. The van der Waals surface area contributed by atoms with Crippen molar-refractivity contribution in [2.75, 3.05) is 6.54 Å². The maximum absolute atomic E-state index is 13.0. The highest BCUT2D eigenvalue weighted by Gasteiger charge is 2.29. The number of carbonyl (C=O) groups excluding carboxylic acids is 1. The summed E-state index contributed by atoms with van der Waals surface area (Å²) < 4.78 is 13.0. The molecule has 1 aromatic carbocycles. The van der Waals surface area contributed by atoms with E-state index in [4.69, 9.17) is 0 Å². The smallest absolute Gasteiger partial charge is 0.251 e. The second kappa shape index (κ2) is 5.70. The first-order valence-corrected chi connectivity index (χ1v) is 6.77. The summed E-state index contributed by atoms with van der Waals surface area (Å²) in [5, 5.41) is 13.1. The van der Waals surface area contributed by atoms with Crippen LogP contribution in [0.25, 0.3) is 0 Å². The molecule has 1 aromatic rings. The zero-order valence-corrected chi connectivity index (χ0v) is 11.2. The van der Waals surface area contributed by atoms with Crippen molar-refractivity contribution in [3.63, 3.8) is 0 Å². The number of nitrogens with one attached hydrogen (secondary N) is 1. The summed E-state index contributed by atoms with van der Waals surface area (Å²) in [5.41, 5.74) is 0.288. The lowest BCUT2D eigenvalue weighted by Gasteiger charge is -2.32. The Labute approximate surface area is 112 Å². The van der Waals surface area contributed by atoms with Gasteiger partial charge in [-0.05, 0) is 43.5 Å². The highest BCUT2D eigenvalue weighted by atomic mass is 19.1. The van der Waals surface area contributed by atoms with Gasteiger partial charge in [-0.1, -0.05) is 19.3 Å². The van der Waals surface area contributed by atoms with Crippen molar-refractivity contribution in [1.29, 1.82) is 0 Å². The highest BCUT2D eigenvalue weighted by molar-refractivity contribution is 5.95. The third-order valence-electron chi connectivity index (χ3n) is 3.80. The zero-order valence-electron chi connectivity index (χ0n) is 11.2. The molecule has 0 aromatic heterocycles. The van der Waals surface area contributed by atoms with Gasteiger partial charge in [-0.2, -0.15) is 0 Å². The predicted octanol–water partition coefficient (Wildman–Crippen LogP) is 2.56. The van der Waals surface area contributed by atoms with Gasteiger partial charge in [0.15, 0.2) is 0 Å². The second-order valence-corrected chi connectivity index (χ2v) is 5.43. The molecule has 0 saturated heterocycles. The van der Waals surface area contributed by atoms with Crippen LogP contribution >= 0.6 is 0 Å². The van der Waals surface area contributed by atoms with Crippen LogP contribution in [0.15, 0.2) is 18.2 Å². The van der Waals surface area contributed by atoms with Gasteiger partial charge >= 0.3 is 0 Å². The predicted molar refractivity (Wildman–Crippen MR) is 71.5 cm³/mol. The molecule has 1 amide bonds. The number of amides is 1. The maximum Gasteiger partial charge on any atom is 0.251 e. The molecule has 3 nitrogen and oxygen atoms in total. The van der Waals surface area contributed by atoms with Crippen molar-refractivity contribution in [2.45, 2.75) is 44.6 Å². The van der Waals surface area contributed by atoms with Gasteiger partial charge in [0, 0.05) is 12.1 Å². The van der Waals surface area contributed by atoms with Gasteiger partial charge in [0.1, 0.15) is 5.82 Å². The van der Waals surface area contributed by atoms with Gasteiger partial charge in [0.2, 0.25) is 0 Å². The topological polar surface area (TPSA) is 49.3 Å². The van der Waals surface area contributed by atoms with Crippen LogP contribution in [0.4, 0.5) is 4.39 Å². The summed E-state index contributed by atoms with van der Waals surface area (Å²) in [4.78, 5) is 12.0. The molecule has 0 aliphatic heterocycles. The van der Waals surface area contributed by atoms with Crippen LogP contribution < -0.4 is 5.32 Å². The molecular formula is C15H20FNO2. The van der Waals surface area contributed by atoms with Crippen LogP contribution in [0.3, 0.4) is 0 Å². The Morgan fingerprint density at radius 1 is 1.37 bits per heavy atom. The summed E-state index contributed by atoms with van der Waals surface area (Å²) in [6.45, 7) is 1.97. The number of halogens is 1. The molecule has 104 valence electrons. The molecule has 1 aliphatic rings. The summed E-state index contributed by atoms with van der Waals surface area (Å²) in [7, 11) is 0. The first kappa shape index (κ1) is 14.0. The van der Waals surface area contributed by atoms with E-state index in [1.807, 2.05) is 0 Å². The molecule has 0 atom stereocenters. The molecule has 0 unspecified atom stereocenters. The monoisotopic (exact) mass is 265 g/mol. The lowest BCUT2D eigenvalue weighted by molar-refractivity contribution is 0.00525. The van der Waals surface area contributed by atoms with Gasteiger partial charge in [-0.15, -0.1) is 0 Å². The van der Waals surface area contributed by atoms with Crippen LogP contribution in [0, 0.1) is 12.7 Å². The van der Waals surface area contributed by atoms with Crippen molar-refractivity contribution in [1.82, 2.24) is 5.32 Å². The van der Waals surface area contributed by atoms with Crippen LogP contribution in [-0.4, -0.2) is 23.2 Å². The minimum absolute atomic E-state index is 0.253. The van der Waals surface area contributed by atoms with E-state index in [2.05, 4.69) is 5.32 Å². The zero-order chi connectivity index (χ0) is 13.9. The number of hydrogen-bond donors (Lipinski definition) is 2. The van der Waals surface area contributed by atoms with Gasteiger partial charge in [-0.25, -0.2) is 4.39 Å². The van der Waals surface area contributed by atoms with E-state index in [1.165, 1.54) is 18.2 Å². The Balaban J connectivity index is 1.97. The van der Waals surface area contributed by atoms with Crippen LogP contribution in [-0.2, 0) is 0 Å². The first-order valence-electron chi connectivity index (χ1n) is 6.77. The molecule has 4 heteroatoms. The SMILES string of the molecule is Cc1cc(F)ccc1C(=O)NCC1(O)CCCCC1. The molecule has 1 saturated carbocycles. The minimum Gasteiger partial charge on any atom is -0.388 e. The fraction of sp³-hybridized carbons (Fsp3) is 0.533. The quantitative estimate of drug-likeness (QED) is 0.882. The van der Waals surface area contributed by atoms with E-state index in [1.54, 1.807) is 6.92 Å². The van der Waals surface area contributed by atoms with Gasteiger partial charge in [0.05, 0.1) is 5.60 Å². The summed E-state index contributed by atoms with van der Waals surface area (Å²) >= 11 is 0. The molecule has 2 N–H and O–H groups in total. The fourth-order valence-electron chi connectivity index (χ4n) is 2.61. The first-order chi connectivity index (χ1) is 9.00. The van der Waals surface area contributed by atoms with E-state index in [0.29, 0.717) is 11.1 Å². The van der Waals surface area contributed by atoms with E-state index in [-0.39, 0.29) is 18.3 Å². The van der Waals surface area contributed by atoms with E-state index < -0.39 is 5.60 Å².